The molecule has 0 spiro atoms. The molecule has 1 aliphatic rings. The third-order valence-electron chi connectivity index (χ3n) is 5.23. The monoisotopic (exact) mass is 532 g/mol. The highest BCUT2D eigenvalue weighted by molar-refractivity contribution is 7.89. The minimum absolute atomic E-state index is 0.0656. The molecule has 11 heteroatoms. The second kappa shape index (κ2) is 10.2. The molecule has 0 fully saturated rings. The molecule has 0 saturated carbocycles. The number of sulfonamides is 1. The molecular weight excluding hydrogens is 515 g/mol. The van der Waals surface area contributed by atoms with E-state index in [-0.39, 0.29) is 39.2 Å². The molecule has 1 aliphatic heterocycles. The van der Waals surface area contributed by atoms with E-state index in [0.29, 0.717) is 10.6 Å². The maximum atomic E-state index is 13.5. The number of hydroxylamine groups is 2. The van der Waals surface area contributed by atoms with Crippen LogP contribution >= 0.6 is 23.2 Å². The van der Waals surface area contributed by atoms with Gasteiger partial charge in [-0.25, -0.2) is 13.2 Å². The van der Waals surface area contributed by atoms with Gasteiger partial charge in [-0.3, -0.25) is 9.59 Å². The number of rotatable bonds is 8. The van der Waals surface area contributed by atoms with Crippen molar-refractivity contribution < 1.29 is 27.6 Å². The van der Waals surface area contributed by atoms with Crippen LogP contribution in [0, 0.1) is 0 Å². The van der Waals surface area contributed by atoms with Crippen LogP contribution in [0.3, 0.4) is 0 Å². The molecular formula is C24H18Cl2N2O6S. The number of hydrogen-bond acceptors (Lipinski definition) is 6. The zero-order valence-electron chi connectivity index (χ0n) is 18.1. The van der Waals surface area contributed by atoms with Crippen LogP contribution in [0.25, 0.3) is 0 Å². The van der Waals surface area contributed by atoms with E-state index in [9.17, 15) is 22.8 Å². The summed E-state index contributed by atoms with van der Waals surface area (Å²) < 4.78 is 28.0. The number of halogens is 2. The summed E-state index contributed by atoms with van der Waals surface area (Å²) in [6.07, 6.45) is -0.443. The van der Waals surface area contributed by atoms with Gasteiger partial charge in [0.15, 0.2) is 0 Å². The molecule has 4 rings (SSSR count). The Morgan fingerprint density at radius 1 is 0.829 bits per heavy atom. The summed E-state index contributed by atoms with van der Waals surface area (Å²) in [4.78, 5) is 42.1. The lowest BCUT2D eigenvalue weighted by Gasteiger charge is -2.23. The smallest absolute Gasteiger partial charge is 0.330 e. The summed E-state index contributed by atoms with van der Waals surface area (Å²) in [5.74, 6) is -2.50. The Morgan fingerprint density at radius 2 is 1.37 bits per heavy atom. The fraction of sp³-hybridized carbons (Fsp3) is 0.125. The summed E-state index contributed by atoms with van der Waals surface area (Å²) in [6, 6.07) is 19.1. The maximum absolute atomic E-state index is 13.5. The summed E-state index contributed by atoms with van der Waals surface area (Å²) >= 11 is 12.3. The highest BCUT2D eigenvalue weighted by Gasteiger charge is 2.39. The average Bonchev–Trinajstić information content (AvgIpc) is 3.07. The second-order valence-corrected chi connectivity index (χ2v) is 10.2. The number of imide groups is 1. The van der Waals surface area contributed by atoms with E-state index in [1.807, 2.05) is 0 Å². The standard InChI is InChI=1S/C24H18Cl2N2O6S/c25-19-11-6-12-20(26)22(19)35(32,33)27(15-16-7-2-1-3-8-16)14-13-21(29)34-28-23(30)17-9-4-5-10-18(17)24(28)31/h1-12H,13-15H2. The first kappa shape index (κ1) is 24.9. The van der Waals surface area contributed by atoms with Gasteiger partial charge in [-0.05, 0) is 29.8 Å². The summed E-state index contributed by atoms with van der Waals surface area (Å²) in [6.45, 7) is -0.397. The lowest BCUT2D eigenvalue weighted by molar-refractivity contribution is -0.168. The zero-order chi connectivity index (χ0) is 25.2. The summed E-state index contributed by atoms with van der Waals surface area (Å²) in [7, 11) is -4.23. The molecule has 2 amide bonds. The number of carbonyl (C=O) groups excluding carboxylic acids is 3. The first-order valence-corrected chi connectivity index (χ1v) is 12.6. The van der Waals surface area contributed by atoms with Crippen LogP contribution in [0.5, 0.6) is 0 Å². The van der Waals surface area contributed by atoms with Crippen LogP contribution < -0.4 is 0 Å². The molecule has 0 aromatic heterocycles. The third kappa shape index (κ3) is 5.08. The Morgan fingerprint density at radius 3 is 1.94 bits per heavy atom. The van der Waals surface area contributed by atoms with E-state index in [2.05, 4.69) is 0 Å². The predicted octanol–water partition coefficient (Wildman–Crippen LogP) is 4.33. The Hall–Kier alpha value is -3.24. The van der Waals surface area contributed by atoms with E-state index >= 15 is 0 Å². The fourth-order valence-corrected chi connectivity index (χ4v) is 6.06. The normalized spacial score (nSPS) is 13.3. The Balaban J connectivity index is 1.54. The van der Waals surface area contributed by atoms with Crippen LogP contribution in [-0.2, 0) is 26.2 Å². The van der Waals surface area contributed by atoms with E-state index in [4.69, 9.17) is 28.0 Å². The van der Waals surface area contributed by atoms with Crippen molar-refractivity contribution in [3.8, 4) is 0 Å². The molecule has 8 nitrogen and oxygen atoms in total. The van der Waals surface area contributed by atoms with Gasteiger partial charge in [-0.15, -0.1) is 0 Å². The first-order chi connectivity index (χ1) is 16.7. The second-order valence-electron chi connectivity index (χ2n) is 7.54. The van der Waals surface area contributed by atoms with Gasteiger partial charge in [0, 0.05) is 13.1 Å². The molecule has 3 aromatic rings. The predicted molar refractivity (Wildman–Crippen MR) is 128 cm³/mol. The number of hydrogen-bond donors (Lipinski definition) is 0. The Bertz CT molecular complexity index is 1360. The number of carbonyl (C=O) groups is 3. The van der Waals surface area contributed by atoms with Crippen LogP contribution in [0.15, 0.2) is 77.7 Å². The topological polar surface area (TPSA) is 101 Å². The van der Waals surface area contributed by atoms with Gasteiger partial charge in [0.2, 0.25) is 10.0 Å². The number of nitrogens with zero attached hydrogens (tertiary/aromatic N) is 2. The zero-order valence-corrected chi connectivity index (χ0v) is 20.4. The molecule has 180 valence electrons. The summed E-state index contributed by atoms with van der Waals surface area (Å²) in [5.41, 5.74) is 0.895. The van der Waals surface area contributed by atoms with Crippen molar-refractivity contribution in [3.05, 3.63) is 99.5 Å². The van der Waals surface area contributed by atoms with Gasteiger partial charge < -0.3 is 4.84 Å². The molecule has 0 radical (unpaired) electrons. The van der Waals surface area contributed by atoms with E-state index in [1.54, 1.807) is 42.5 Å². The van der Waals surface area contributed by atoms with E-state index in [0.717, 1.165) is 4.31 Å². The van der Waals surface area contributed by atoms with Crippen molar-refractivity contribution in [2.45, 2.75) is 17.9 Å². The number of benzene rings is 3. The minimum Gasteiger partial charge on any atom is -0.330 e. The van der Waals surface area contributed by atoms with E-state index < -0.39 is 34.2 Å². The van der Waals surface area contributed by atoms with Gasteiger partial charge >= 0.3 is 5.97 Å². The van der Waals surface area contributed by atoms with Crippen molar-refractivity contribution in [1.82, 2.24) is 9.37 Å². The van der Waals surface area contributed by atoms with Crippen molar-refractivity contribution in [1.29, 1.82) is 0 Å². The molecule has 0 unspecified atom stereocenters. The Labute approximate surface area is 211 Å². The first-order valence-electron chi connectivity index (χ1n) is 10.4. The van der Waals surface area contributed by atoms with Crippen LogP contribution in [0.4, 0.5) is 0 Å². The van der Waals surface area contributed by atoms with E-state index in [1.165, 1.54) is 30.3 Å². The van der Waals surface area contributed by atoms with Gasteiger partial charge in [-0.1, -0.05) is 76.8 Å². The van der Waals surface area contributed by atoms with Gasteiger partial charge in [0.1, 0.15) is 4.90 Å². The van der Waals surface area contributed by atoms with Gasteiger partial charge in [0.25, 0.3) is 11.8 Å². The van der Waals surface area contributed by atoms with Crippen molar-refractivity contribution >= 4 is 51.0 Å². The molecule has 3 aromatic carbocycles. The Kier molecular flexibility index (Phi) is 7.23. The molecule has 0 bridgehead atoms. The average molecular weight is 533 g/mol. The largest absolute Gasteiger partial charge is 0.334 e. The van der Waals surface area contributed by atoms with Crippen molar-refractivity contribution in [2.75, 3.05) is 6.54 Å². The molecule has 1 heterocycles. The maximum Gasteiger partial charge on any atom is 0.334 e. The molecule has 0 aliphatic carbocycles. The van der Waals surface area contributed by atoms with Crippen molar-refractivity contribution in [3.63, 3.8) is 0 Å². The van der Waals surface area contributed by atoms with Crippen LogP contribution in [0.1, 0.15) is 32.7 Å². The quantitative estimate of drug-likeness (QED) is 0.400. The number of amides is 2. The van der Waals surface area contributed by atoms with Gasteiger partial charge in [0.05, 0.1) is 27.6 Å². The fourth-order valence-electron chi connectivity index (χ4n) is 3.54. The molecule has 0 atom stereocenters. The molecule has 0 N–H and O–H groups in total. The van der Waals surface area contributed by atoms with Crippen LogP contribution in [-0.4, -0.2) is 42.1 Å². The highest BCUT2D eigenvalue weighted by Crippen LogP contribution is 2.32. The summed E-state index contributed by atoms with van der Waals surface area (Å²) in [5, 5.41) is 0.252. The highest BCUT2D eigenvalue weighted by atomic mass is 35.5. The van der Waals surface area contributed by atoms with Crippen LogP contribution in [0.2, 0.25) is 10.0 Å². The molecule has 35 heavy (non-hydrogen) atoms. The van der Waals surface area contributed by atoms with Crippen molar-refractivity contribution in [2.24, 2.45) is 0 Å². The lowest BCUT2D eigenvalue weighted by Crippen LogP contribution is -2.36. The van der Waals surface area contributed by atoms with Gasteiger partial charge in [-0.2, -0.15) is 4.31 Å². The SMILES string of the molecule is O=C(CCN(Cc1ccccc1)S(=O)(=O)c1c(Cl)cccc1Cl)ON1C(=O)c2ccccc2C1=O. The third-order valence-corrected chi connectivity index (χ3v) is 8.04. The lowest BCUT2D eigenvalue weighted by atomic mass is 10.1. The molecule has 0 saturated heterocycles. The minimum atomic E-state index is -4.23. The number of fused-ring (bicyclic) bond motifs is 1.